The van der Waals surface area contributed by atoms with Gasteiger partial charge in [-0.3, -0.25) is 14.4 Å². The number of ether oxygens (including phenoxy) is 1. The lowest BCUT2D eigenvalue weighted by Gasteiger charge is -2.32. The number of amides is 3. The highest BCUT2D eigenvalue weighted by molar-refractivity contribution is 6.30. The number of nitrogens with two attached hydrogens (primary N) is 1. The summed E-state index contributed by atoms with van der Waals surface area (Å²) in [6.45, 7) is 1.07. The van der Waals surface area contributed by atoms with Gasteiger partial charge >= 0.3 is 0 Å². The number of benzene rings is 2. The zero-order chi connectivity index (χ0) is 24.8. The number of hydrogen-bond donors (Lipinski definition) is 2. The van der Waals surface area contributed by atoms with Crippen molar-refractivity contribution in [2.45, 2.75) is 19.4 Å². The van der Waals surface area contributed by atoms with Gasteiger partial charge in [-0.05, 0) is 54.8 Å². The van der Waals surface area contributed by atoms with E-state index in [2.05, 4.69) is 10.3 Å². The van der Waals surface area contributed by atoms with Crippen LogP contribution >= 0.6 is 11.6 Å². The molecule has 8 nitrogen and oxygen atoms in total. The summed E-state index contributed by atoms with van der Waals surface area (Å²) in [6, 6.07) is 17.2. The number of halogens is 1. The molecule has 0 aliphatic carbocycles. The highest BCUT2D eigenvalue weighted by Gasteiger charge is 2.29. The predicted octanol–water partition coefficient (Wildman–Crippen LogP) is 3.90. The molecule has 35 heavy (non-hydrogen) atoms. The third kappa shape index (κ3) is 6.16. The SMILES string of the molecule is NC(=O)c1ccccc1OCc1cccc(C(=O)N2CCCC(C(=O)Nc3ccc(Cl)cn3)C2)c1. The molecular formula is C26H25ClN4O4. The maximum Gasteiger partial charge on any atom is 0.253 e. The van der Waals surface area contributed by atoms with E-state index in [0.29, 0.717) is 47.2 Å². The van der Waals surface area contributed by atoms with Crippen molar-refractivity contribution < 1.29 is 19.1 Å². The lowest BCUT2D eigenvalue weighted by atomic mass is 9.96. The Labute approximate surface area is 208 Å². The van der Waals surface area contributed by atoms with E-state index in [4.69, 9.17) is 22.1 Å². The number of likely N-dealkylation sites (tertiary alicyclic amines) is 1. The van der Waals surface area contributed by atoms with Gasteiger partial charge in [0.1, 0.15) is 18.2 Å². The largest absolute Gasteiger partial charge is 0.488 e. The van der Waals surface area contributed by atoms with Crippen LogP contribution in [0.4, 0.5) is 5.82 Å². The first-order valence-electron chi connectivity index (χ1n) is 11.2. The quantitative estimate of drug-likeness (QED) is 0.519. The molecule has 2 heterocycles. The summed E-state index contributed by atoms with van der Waals surface area (Å²) in [6.07, 6.45) is 2.89. The van der Waals surface area contributed by atoms with Crippen molar-refractivity contribution in [2.24, 2.45) is 11.7 Å². The molecule has 3 aromatic rings. The molecule has 1 atom stereocenters. The van der Waals surface area contributed by atoms with Gasteiger partial charge in [0, 0.05) is 24.8 Å². The molecule has 2 aromatic carbocycles. The van der Waals surface area contributed by atoms with Crippen LogP contribution in [-0.2, 0) is 11.4 Å². The summed E-state index contributed by atoms with van der Waals surface area (Å²) in [5.41, 5.74) is 6.98. The monoisotopic (exact) mass is 492 g/mol. The Morgan fingerprint density at radius 1 is 1.11 bits per heavy atom. The van der Waals surface area contributed by atoms with Crippen LogP contribution in [0, 0.1) is 5.92 Å². The zero-order valence-electron chi connectivity index (χ0n) is 18.9. The molecule has 0 radical (unpaired) electrons. The van der Waals surface area contributed by atoms with Gasteiger partial charge in [0.25, 0.3) is 11.8 Å². The number of anilines is 1. The Bertz CT molecular complexity index is 1230. The van der Waals surface area contributed by atoms with E-state index in [-0.39, 0.29) is 24.3 Å². The summed E-state index contributed by atoms with van der Waals surface area (Å²) in [5.74, 6) is -0.411. The minimum Gasteiger partial charge on any atom is -0.488 e. The van der Waals surface area contributed by atoms with E-state index in [1.165, 1.54) is 6.20 Å². The molecular weight excluding hydrogens is 468 g/mol. The summed E-state index contributed by atoms with van der Waals surface area (Å²) in [4.78, 5) is 43.3. The summed E-state index contributed by atoms with van der Waals surface area (Å²) in [5, 5.41) is 3.28. The number of rotatable bonds is 7. The third-order valence-corrected chi connectivity index (χ3v) is 6.00. The number of carbonyl (C=O) groups excluding carboxylic acids is 3. The molecule has 0 spiro atoms. The molecule has 1 unspecified atom stereocenters. The Hall–Kier alpha value is -3.91. The van der Waals surface area contributed by atoms with Crippen molar-refractivity contribution in [3.05, 3.63) is 88.6 Å². The third-order valence-electron chi connectivity index (χ3n) is 5.78. The Morgan fingerprint density at radius 2 is 1.94 bits per heavy atom. The maximum absolute atomic E-state index is 13.2. The molecule has 1 aliphatic rings. The normalized spacial score (nSPS) is 15.3. The molecule has 1 fully saturated rings. The number of aromatic nitrogens is 1. The van der Waals surface area contributed by atoms with E-state index >= 15 is 0 Å². The second kappa shape index (κ2) is 11.0. The minimum absolute atomic E-state index is 0.147. The van der Waals surface area contributed by atoms with Gasteiger partial charge in [0.05, 0.1) is 16.5 Å². The maximum atomic E-state index is 13.2. The van der Waals surface area contributed by atoms with Crippen molar-refractivity contribution in [3.63, 3.8) is 0 Å². The molecule has 3 N–H and O–H groups in total. The van der Waals surface area contributed by atoms with E-state index in [1.807, 2.05) is 6.07 Å². The second-order valence-electron chi connectivity index (χ2n) is 8.29. The fraction of sp³-hybridized carbons (Fsp3) is 0.231. The molecule has 0 bridgehead atoms. The zero-order valence-corrected chi connectivity index (χ0v) is 19.7. The first-order valence-corrected chi connectivity index (χ1v) is 11.6. The molecule has 1 aliphatic heterocycles. The van der Waals surface area contributed by atoms with Crippen molar-refractivity contribution in [1.29, 1.82) is 0 Å². The highest BCUT2D eigenvalue weighted by Crippen LogP contribution is 2.22. The fourth-order valence-electron chi connectivity index (χ4n) is 3.99. The van der Waals surface area contributed by atoms with Gasteiger partial charge in [-0.1, -0.05) is 35.9 Å². The molecule has 1 saturated heterocycles. The van der Waals surface area contributed by atoms with Crippen LogP contribution in [0.25, 0.3) is 0 Å². The van der Waals surface area contributed by atoms with Crippen LogP contribution in [0.2, 0.25) is 5.02 Å². The fourth-order valence-corrected chi connectivity index (χ4v) is 4.10. The Balaban J connectivity index is 1.39. The number of nitrogens with one attached hydrogen (secondary N) is 1. The van der Waals surface area contributed by atoms with Crippen LogP contribution in [0.3, 0.4) is 0 Å². The minimum atomic E-state index is -0.569. The molecule has 1 aromatic heterocycles. The predicted molar refractivity (Wildman–Crippen MR) is 132 cm³/mol. The summed E-state index contributed by atoms with van der Waals surface area (Å²) < 4.78 is 5.78. The Morgan fingerprint density at radius 3 is 2.71 bits per heavy atom. The van der Waals surface area contributed by atoms with E-state index < -0.39 is 5.91 Å². The number of hydrogen-bond acceptors (Lipinski definition) is 5. The summed E-state index contributed by atoms with van der Waals surface area (Å²) in [7, 11) is 0. The number of carbonyl (C=O) groups is 3. The van der Waals surface area contributed by atoms with Gasteiger partial charge in [-0.2, -0.15) is 0 Å². The van der Waals surface area contributed by atoms with Crippen LogP contribution in [0.5, 0.6) is 5.75 Å². The molecule has 9 heteroatoms. The van der Waals surface area contributed by atoms with Gasteiger partial charge in [0.2, 0.25) is 5.91 Å². The topological polar surface area (TPSA) is 115 Å². The molecule has 180 valence electrons. The number of nitrogens with zero attached hydrogens (tertiary/aromatic N) is 2. The van der Waals surface area contributed by atoms with Gasteiger partial charge in [0.15, 0.2) is 0 Å². The van der Waals surface area contributed by atoms with Crippen LogP contribution in [0.15, 0.2) is 66.9 Å². The van der Waals surface area contributed by atoms with Crippen molar-refractivity contribution in [1.82, 2.24) is 9.88 Å². The highest BCUT2D eigenvalue weighted by atomic mass is 35.5. The standard InChI is InChI=1S/C26H25ClN4O4/c27-20-10-11-23(29-14-20)30-25(33)19-7-4-12-31(15-19)26(34)18-6-3-5-17(13-18)16-35-22-9-2-1-8-21(22)24(28)32/h1-3,5-6,8-11,13-14,19H,4,7,12,15-16H2,(H2,28,32)(H,29,30,33). The van der Waals surface area contributed by atoms with Gasteiger partial charge < -0.3 is 20.7 Å². The number of piperidine rings is 1. The van der Waals surface area contributed by atoms with Gasteiger partial charge in [-0.15, -0.1) is 0 Å². The van der Waals surface area contributed by atoms with Crippen molar-refractivity contribution in [3.8, 4) is 5.75 Å². The van der Waals surface area contributed by atoms with Crippen LogP contribution in [-0.4, -0.2) is 40.7 Å². The average molecular weight is 493 g/mol. The summed E-state index contributed by atoms with van der Waals surface area (Å²) >= 11 is 5.84. The smallest absolute Gasteiger partial charge is 0.253 e. The number of primary amides is 1. The van der Waals surface area contributed by atoms with E-state index in [9.17, 15) is 14.4 Å². The van der Waals surface area contributed by atoms with Gasteiger partial charge in [-0.25, -0.2) is 4.98 Å². The second-order valence-corrected chi connectivity index (χ2v) is 8.73. The Kier molecular flexibility index (Phi) is 7.62. The van der Waals surface area contributed by atoms with Crippen LogP contribution < -0.4 is 15.8 Å². The first-order chi connectivity index (χ1) is 16.9. The van der Waals surface area contributed by atoms with Crippen LogP contribution in [0.1, 0.15) is 39.1 Å². The average Bonchev–Trinajstić information content (AvgIpc) is 2.88. The molecule has 3 amide bonds. The van der Waals surface area contributed by atoms with Crippen molar-refractivity contribution in [2.75, 3.05) is 18.4 Å². The first kappa shape index (κ1) is 24.2. The molecule has 0 saturated carbocycles. The number of para-hydroxylation sites is 1. The number of pyridine rings is 1. The lowest BCUT2D eigenvalue weighted by molar-refractivity contribution is -0.121. The van der Waals surface area contributed by atoms with E-state index in [0.717, 1.165) is 12.0 Å². The van der Waals surface area contributed by atoms with Crippen molar-refractivity contribution >= 4 is 35.1 Å². The van der Waals surface area contributed by atoms with E-state index in [1.54, 1.807) is 59.5 Å². The lowest BCUT2D eigenvalue weighted by Crippen LogP contribution is -2.43. The molecule has 4 rings (SSSR count).